The number of piperazine rings is 1. The first kappa shape index (κ1) is 22.8. The van der Waals surface area contributed by atoms with E-state index >= 15 is 0 Å². The molecular formula is C27H29N5O3. The largest absolute Gasteiger partial charge is 0.361 e. The summed E-state index contributed by atoms with van der Waals surface area (Å²) < 4.78 is 0. The van der Waals surface area contributed by atoms with Gasteiger partial charge < -0.3 is 14.8 Å². The molecule has 3 amide bonds. The van der Waals surface area contributed by atoms with Crippen molar-refractivity contribution in [1.29, 1.82) is 0 Å². The molecule has 8 nitrogen and oxygen atoms in total. The van der Waals surface area contributed by atoms with E-state index in [9.17, 15) is 14.4 Å². The lowest BCUT2D eigenvalue weighted by Gasteiger charge is -2.35. The zero-order valence-electron chi connectivity index (χ0n) is 20.1. The molecule has 1 N–H and O–H groups in total. The molecule has 0 saturated carbocycles. The van der Waals surface area contributed by atoms with Crippen LogP contribution in [-0.4, -0.2) is 64.4 Å². The molecule has 35 heavy (non-hydrogen) atoms. The van der Waals surface area contributed by atoms with Crippen molar-refractivity contribution >= 4 is 40.0 Å². The summed E-state index contributed by atoms with van der Waals surface area (Å²) in [6, 6.07) is 13.8. The van der Waals surface area contributed by atoms with Crippen LogP contribution in [0.25, 0.3) is 10.9 Å². The minimum Gasteiger partial charge on any atom is -0.361 e. The van der Waals surface area contributed by atoms with E-state index in [0.29, 0.717) is 50.4 Å². The van der Waals surface area contributed by atoms with Gasteiger partial charge >= 0.3 is 0 Å². The van der Waals surface area contributed by atoms with E-state index in [1.165, 1.54) is 5.01 Å². The van der Waals surface area contributed by atoms with Gasteiger partial charge in [0.1, 0.15) is 5.71 Å². The summed E-state index contributed by atoms with van der Waals surface area (Å²) >= 11 is 0. The Hall–Kier alpha value is -3.94. The summed E-state index contributed by atoms with van der Waals surface area (Å²) in [7, 11) is 0. The lowest BCUT2D eigenvalue weighted by Crippen LogP contribution is -2.53. The molecule has 2 aliphatic heterocycles. The van der Waals surface area contributed by atoms with E-state index in [2.05, 4.69) is 10.1 Å². The van der Waals surface area contributed by atoms with Crippen molar-refractivity contribution in [1.82, 2.24) is 14.8 Å². The molecule has 0 atom stereocenters. The lowest BCUT2D eigenvalue weighted by atomic mass is 10.1. The molecule has 2 aromatic carbocycles. The Labute approximate surface area is 204 Å². The second-order valence-corrected chi connectivity index (χ2v) is 9.25. The average Bonchev–Trinajstić information content (AvgIpc) is 3.28. The standard InChI is InChI=1S/C27H29N5O3/c1-18-7-8-19(2)24(15-18)32-25(33)10-9-23(29-32)27(35)31-13-11-30(12-14-31)26(34)16-20-17-28-22-6-4-3-5-21(20)22/h3-8,15,17,28H,9-14,16H2,1-2H3. The fraction of sp³-hybridized carbons (Fsp3) is 0.333. The van der Waals surface area contributed by atoms with Crippen molar-refractivity contribution in [3.8, 4) is 0 Å². The molecule has 3 aromatic rings. The number of aryl methyl sites for hydroxylation is 2. The summed E-state index contributed by atoms with van der Waals surface area (Å²) in [6.45, 7) is 5.77. The number of carbonyl (C=O) groups is 3. The number of carbonyl (C=O) groups excluding carboxylic acids is 3. The van der Waals surface area contributed by atoms with E-state index in [-0.39, 0.29) is 24.1 Å². The van der Waals surface area contributed by atoms with Gasteiger partial charge in [-0.2, -0.15) is 5.10 Å². The number of nitrogens with one attached hydrogen (secondary N) is 1. The Morgan fingerprint density at radius 2 is 1.71 bits per heavy atom. The maximum atomic E-state index is 13.2. The van der Waals surface area contributed by atoms with Crippen LogP contribution in [0.1, 0.15) is 29.5 Å². The van der Waals surface area contributed by atoms with Crippen LogP contribution >= 0.6 is 0 Å². The summed E-state index contributed by atoms with van der Waals surface area (Å²) in [4.78, 5) is 45.5. The molecule has 0 bridgehead atoms. The number of hydrogen-bond acceptors (Lipinski definition) is 4. The predicted octanol–water partition coefficient (Wildman–Crippen LogP) is 3.18. The fourth-order valence-electron chi connectivity index (χ4n) is 4.74. The van der Waals surface area contributed by atoms with Gasteiger partial charge in [-0.15, -0.1) is 0 Å². The summed E-state index contributed by atoms with van der Waals surface area (Å²) in [6.07, 6.45) is 2.81. The number of fused-ring (bicyclic) bond motifs is 1. The number of hydrogen-bond donors (Lipinski definition) is 1. The van der Waals surface area contributed by atoms with Crippen LogP contribution in [0.5, 0.6) is 0 Å². The Kier molecular flexibility index (Phi) is 6.11. The van der Waals surface area contributed by atoms with Crippen molar-refractivity contribution < 1.29 is 14.4 Å². The number of para-hydroxylation sites is 1. The summed E-state index contributed by atoms with van der Waals surface area (Å²) in [5.41, 5.74) is 5.07. The number of aromatic amines is 1. The number of H-pyrrole nitrogens is 1. The number of aromatic nitrogens is 1. The second kappa shape index (κ2) is 9.37. The minimum absolute atomic E-state index is 0.0588. The molecule has 2 aliphatic rings. The topological polar surface area (TPSA) is 89.1 Å². The number of nitrogens with zero attached hydrogens (tertiary/aromatic N) is 4. The van der Waals surface area contributed by atoms with Crippen LogP contribution in [0.15, 0.2) is 53.8 Å². The monoisotopic (exact) mass is 471 g/mol. The average molecular weight is 472 g/mol. The molecule has 180 valence electrons. The normalized spacial score (nSPS) is 16.6. The molecule has 0 aliphatic carbocycles. The summed E-state index contributed by atoms with van der Waals surface area (Å²) in [5, 5.41) is 6.91. The maximum Gasteiger partial charge on any atom is 0.270 e. The third-order valence-electron chi connectivity index (χ3n) is 6.81. The number of anilines is 1. The van der Waals surface area contributed by atoms with E-state index in [4.69, 9.17) is 0 Å². The van der Waals surface area contributed by atoms with Gasteiger partial charge in [-0.3, -0.25) is 14.4 Å². The third kappa shape index (κ3) is 4.56. The first-order valence-corrected chi connectivity index (χ1v) is 12.0. The highest BCUT2D eigenvalue weighted by Crippen LogP contribution is 2.26. The number of amides is 3. The van der Waals surface area contributed by atoms with Crippen LogP contribution in [0.3, 0.4) is 0 Å². The van der Waals surface area contributed by atoms with Gasteiger partial charge in [0.25, 0.3) is 5.91 Å². The molecule has 0 radical (unpaired) electrons. The smallest absolute Gasteiger partial charge is 0.270 e. The van der Waals surface area contributed by atoms with E-state index in [1.807, 2.05) is 67.4 Å². The minimum atomic E-state index is -0.156. The van der Waals surface area contributed by atoms with Gasteiger partial charge in [-0.25, -0.2) is 5.01 Å². The highest BCUT2D eigenvalue weighted by atomic mass is 16.2. The molecule has 1 fully saturated rings. The molecule has 5 rings (SSSR count). The molecule has 0 unspecified atom stereocenters. The van der Waals surface area contributed by atoms with E-state index in [0.717, 1.165) is 27.6 Å². The first-order chi connectivity index (χ1) is 16.9. The van der Waals surface area contributed by atoms with E-state index < -0.39 is 0 Å². The highest BCUT2D eigenvalue weighted by Gasteiger charge is 2.31. The zero-order valence-corrected chi connectivity index (χ0v) is 20.1. The SMILES string of the molecule is Cc1ccc(C)c(N2N=C(C(=O)N3CCN(C(=O)Cc4c[nH]c5ccccc45)CC3)CCC2=O)c1. The van der Waals surface area contributed by atoms with Gasteiger partial charge in [-0.1, -0.05) is 30.3 Å². The molecule has 0 spiro atoms. The van der Waals surface area contributed by atoms with Crippen molar-refractivity contribution in [3.05, 3.63) is 65.4 Å². The quantitative estimate of drug-likeness (QED) is 0.634. The lowest BCUT2D eigenvalue weighted by molar-refractivity contribution is -0.136. The number of rotatable bonds is 4. The van der Waals surface area contributed by atoms with Crippen LogP contribution in [0.4, 0.5) is 5.69 Å². The van der Waals surface area contributed by atoms with Crippen LogP contribution in [0.2, 0.25) is 0 Å². The van der Waals surface area contributed by atoms with Crippen molar-refractivity contribution in [2.45, 2.75) is 33.1 Å². The van der Waals surface area contributed by atoms with Gasteiger partial charge in [0, 0.05) is 56.1 Å². The molecule has 3 heterocycles. The highest BCUT2D eigenvalue weighted by molar-refractivity contribution is 6.40. The molecule has 1 saturated heterocycles. The zero-order chi connectivity index (χ0) is 24.5. The predicted molar refractivity (Wildman–Crippen MR) is 135 cm³/mol. The Balaban J connectivity index is 1.23. The molecule has 8 heteroatoms. The van der Waals surface area contributed by atoms with E-state index in [1.54, 1.807) is 4.90 Å². The van der Waals surface area contributed by atoms with Crippen molar-refractivity contribution in [2.75, 3.05) is 31.2 Å². The Morgan fingerprint density at radius 3 is 2.51 bits per heavy atom. The Morgan fingerprint density at radius 1 is 0.971 bits per heavy atom. The van der Waals surface area contributed by atoms with Gasteiger partial charge in [0.15, 0.2) is 0 Å². The van der Waals surface area contributed by atoms with Crippen LogP contribution < -0.4 is 5.01 Å². The maximum absolute atomic E-state index is 13.2. The number of hydrazone groups is 1. The second-order valence-electron chi connectivity index (χ2n) is 9.25. The molecule has 1 aromatic heterocycles. The first-order valence-electron chi connectivity index (χ1n) is 12.0. The van der Waals surface area contributed by atoms with Gasteiger partial charge in [0.2, 0.25) is 11.8 Å². The third-order valence-corrected chi connectivity index (χ3v) is 6.81. The van der Waals surface area contributed by atoms with Gasteiger partial charge in [0.05, 0.1) is 12.1 Å². The van der Waals surface area contributed by atoms with Gasteiger partial charge in [-0.05, 0) is 42.7 Å². The van der Waals surface area contributed by atoms with Crippen molar-refractivity contribution in [2.24, 2.45) is 5.10 Å². The van der Waals surface area contributed by atoms with Crippen LogP contribution in [0, 0.1) is 13.8 Å². The summed E-state index contributed by atoms with van der Waals surface area (Å²) in [5.74, 6) is -0.206. The Bertz CT molecular complexity index is 1330. The fourth-order valence-corrected chi connectivity index (χ4v) is 4.74. The molecular weight excluding hydrogens is 442 g/mol. The van der Waals surface area contributed by atoms with Crippen LogP contribution in [-0.2, 0) is 20.8 Å². The van der Waals surface area contributed by atoms with Crippen molar-refractivity contribution in [3.63, 3.8) is 0 Å². The number of benzene rings is 2.